The number of benzene rings is 1. The highest BCUT2D eigenvalue weighted by atomic mass is 35.5. The lowest BCUT2D eigenvalue weighted by Gasteiger charge is -2.22. The fourth-order valence-corrected chi connectivity index (χ4v) is 2.59. The van der Waals surface area contributed by atoms with E-state index in [2.05, 4.69) is 11.4 Å². The summed E-state index contributed by atoms with van der Waals surface area (Å²) in [4.78, 5) is 0. The van der Waals surface area contributed by atoms with E-state index in [9.17, 15) is 0 Å². The molecule has 1 atom stereocenters. The molecule has 2 nitrogen and oxygen atoms in total. The van der Waals surface area contributed by atoms with E-state index in [4.69, 9.17) is 16.3 Å². The Balaban J connectivity index is 2.04. The van der Waals surface area contributed by atoms with Crippen molar-refractivity contribution in [3.63, 3.8) is 0 Å². The highest BCUT2D eigenvalue weighted by Gasteiger charge is 2.21. The van der Waals surface area contributed by atoms with Crippen molar-refractivity contribution < 1.29 is 4.74 Å². The highest BCUT2D eigenvalue weighted by Crippen LogP contribution is 2.28. The highest BCUT2D eigenvalue weighted by molar-refractivity contribution is 6.30. The second-order valence-corrected chi connectivity index (χ2v) is 5.08. The lowest BCUT2D eigenvalue weighted by Crippen LogP contribution is -2.23. The molecule has 1 N–H and O–H groups in total. The predicted octanol–water partition coefficient (Wildman–Crippen LogP) is 3.56. The molecule has 1 unspecified atom stereocenters. The first kappa shape index (κ1) is 12.9. The quantitative estimate of drug-likeness (QED) is 0.866. The molecule has 1 aliphatic rings. The third-order valence-corrected chi connectivity index (χ3v) is 3.50. The Kier molecular flexibility index (Phi) is 4.84. The van der Waals surface area contributed by atoms with Gasteiger partial charge in [-0.05, 0) is 37.6 Å². The van der Waals surface area contributed by atoms with Gasteiger partial charge in [-0.25, -0.2) is 0 Å². The van der Waals surface area contributed by atoms with Crippen molar-refractivity contribution in [1.29, 1.82) is 0 Å². The van der Waals surface area contributed by atoms with E-state index < -0.39 is 0 Å². The van der Waals surface area contributed by atoms with Crippen LogP contribution in [0.5, 0.6) is 0 Å². The number of rotatable bonds is 5. The molecule has 0 heterocycles. The summed E-state index contributed by atoms with van der Waals surface area (Å²) in [6, 6.07) is 7.97. The van der Waals surface area contributed by atoms with Crippen LogP contribution in [0.2, 0.25) is 5.02 Å². The summed E-state index contributed by atoms with van der Waals surface area (Å²) in [7, 11) is 1.95. The Hall–Kier alpha value is -0.570. The van der Waals surface area contributed by atoms with Gasteiger partial charge in [0.15, 0.2) is 0 Å². The molecule has 0 radical (unpaired) electrons. The predicted molar refractivity (Wildman–Crippen MR) is 71.5 cm³/mol. The zero-order valence-corrected chi connectivity index (χ0v) is 11.0. The van der Waals surface area contributed by atoms with E-state index in [-0.39, 0.29) is 6.10 Å². The van der Waals surface area contributed by atoms with Gasteiger partial charge >= 0.3 is 0 Å². The number of likely N-dealkylation sites (N-methyl/N-ethyl adjacent to an activating group) is 1. The molecule has 0 bridgehead atoms. The van der Waals surface area contributed by atoms with E-state index >= 15 is 0 Å². The molecule has 94 valence electrons. The average Bonchev–Trinajstić information content (AvgIpc) is 2.81. The topological polar surface area (TPSA) is 21.3 Å². The van der Waals surface area contributed by atoms with Gasteiger partial charge in [-0.2, -0.15) is 0 Å². The Labute approximate surface area is 108 Å². The van der Waals surface area contributed by atoms with E-state index in [0.717, 1.165) is 11.6 Å². The molecule has 2 rings (SSSR count). The van der Waals surface area contributed by atoms with Crippen LogP contribution in [0.15, 0.2) is 24.3 Å². The summed E-state index contributed by atoms with van der Waals surface area (Å²) < 4.78 is 6.17. The van der Waals surface area contributed by atoms with E-state index in [1.165, 1.54) is 31.2 Å². The summed E-state index contributed by atoms with van der Waals surface area (Å²) in [6.07, 6.45) is 5.52. The fourth-order valence-electron chi connectivity index (χ4n) is 2.39. The van der Waals surface area contributed by atoms with Gasteiger partial charge in [0.1, 0.15) is 0 Å². The zero-order chi connectivity index (χ0) is 12.1. The van der Waals surface area contributed by atoms with Gasteiger partial charge in [0.05, 0.1) is 12.2 Å². The van der Waals surface area contributed by atoms with Crippen LogP contribution in [0, 0.1) is 0 Å². The number of halogens is 1. The molecule has 0 aromatic heterocycles. The van der Waals surface area contributed by atoms with Crippen LogP contribution in [-0.4, -0.2) is 19.7 Å². The maximum absolute atomic E-state index is 6.17. The molecular weight excluding hydrogens is 234 g/mol. The summed E-state index contributed by atoms with van der Waals surface area (Å²) in [5, 5.41) is 3.97. The standard InChI is InChI=1S/C14H20ClNO/c1-16-10-14(17-13-7-2-3-8-13)11-5-4-6-12(15)9-11/h4-6,9,13-14,16H,2-3,7-8,10H2,1H3. The Bertz CT molecular complexity index is 350. The molecule has 1 aliphatic carbocycles. The summed E-state index contributed by atoms with van der Waals surface area (Å²) in [6.45, 7) is 0.830. The minimum absolute atomic E-state index is 0.113. The molecule has 0 aliphatic heterocycles. The third kappa shape index (κ3) is 3.70. The molecule has 0 amide bonds. The lowest BCUT2D eigenvalue weighted by molar-refractivity contribution is -0.00783. The first-order valence-electron chi connectivity index (χ1n) is 6.35. The van der Waals surface area contributed by atoms with Crippen LogP contribution >= 0.6 is 11.6 Å². The van der Waals surface area contributed by atoms with Crippen molar-refractivity contribution in [1.82, 2.24) is 5.32 Å². The Morgan fingerprint density at radius 3 is 2.82 bits per heavy atom. The largest absolute Gasteiger partial charge is 0.369 e. The zero-order valence-electron chi connectivity index (χ0n) is 10.3. The van der Waals surface area contributed by atoms with Crippen LogP contribution in [0.25, 0.3) is 0 Å². The molecule has 0 spiro atoms. The van der Waals surface area contributed by atoms with Crippen molar-refractivity contribution in [3.05, 3.63) is 34.9 Å². The lowest BCUT2D eigenvalue weighted by atomic mass is 10.1. The summed E-state index contributed by atoms with van der Waals surface area (Å²) >= 11 is 6.03. The SMILES string of the molecule is CNCC(OC1CCCC1)c1cccc(Cl)c1. The van der Waals surface area contributed by atoms with Gasteiger partial charge in [0.2, 0.25) is 0 Å². The minimum Gasteiger partial charge on any atom is -0.369 e. The molecule has 1 aromatic carbocycles. The number of hydrogen-bond donors (Lipinski definition) is 1. The monoisotopic (exact) mass is 253 g/mol. The van der Waals surface area contributed by atoms with Gasteiger partial charge in [-0.3, -0.25) is 0 Å². The molecule has 1 aromatic rings. The summed E-state index contributed by atoms with van der Waals surface area (Å²) in [5.74, 6) is 0. The van der Waals surface area contributed by atoms with Crippen LogP contribution in [0.1, 0.15) is 37.4 Å². The maximum atomic E-state index is 6.17. The third-order valence-electron chi connectivity index (χ3n) is 3.27. The Morgan fingerprint density at radius 1 is 1.41 bits per heavy atom. The van der Waals surface area contributed by atoms with Gasteiger partial charge < -0.3 is 10.1 Å². The molecular formula is C14H20ClNO. The van der Waals surface area contributed by atoms with Crippen LogP contribution in [0.3, 0.4) is 0 Å². The van der Waals surface area contributed by atoms with E-state index in [1.54, 1.807) is 0 Å². The number of hydrogen-bond acceptors (Lipinski definition) is 2. The van der Waals surface area contributed by atoms with Crippen LogP contribution < -0.4 is 5.32 Å². The molecule has 1 fully saturated rings. The first-order chi connectivity index (χ1) is 8.29. The van der Waals surface area contributed by atoms with Crippen LogP contribution in [0.4, 0.5) is 0 Å². The molecule has 1 saturated carbocycles. The maximum Gasteiger partial charge on any atom is 0.0953 e. The van der Waals surface area contributed by atoms with Gasteiger partial charge in [-0.15, -0.1) is 0 Å². The van der Waals surface area contributed by atoms with Gasteiger partial charge in [0.25, 0.3) is 0 Å². The normalized spacial score (nSPS) is 18.5. The fraction of sp³-hybridized carbons (Fsp3) is 0.571. The number of nitrogens with one attached hydrogen (secondary N) is 1. The van der Waals surface area contributed by atoms with Gasteiger partial charge in [-0.1, -0.05) is 36.6 Å². The number of ether oxygens (including phenoxy) is 1. The Morgan fingerprint density at radius 2 is 2.18 bits per heavy atom. The second kappa shape index (κ2) is 6.39. The van der Waals surface area contributed by atoms with Crippen molar-refractivity contribution in [2.45, 2.75) is 37.9 Å². The molecule has 0 saturated heterocycles. The molecule has 17 heavy (non-hydrogen) atoms. The first-order valence-corrected chi connectivity index (χ1v) is 6.73. The van der Waals surface area contributed by atoms with Crippen molar-refractivity contribution in [3.8, 4) is 0 Å². The van der Waals surface area contributed by atoms with E-state index in [0.29, 0.717) is 6.10 Å². The van der Waals surface area contributed by atoms with Gasteiger partial charge in [0, 0.05) is 11.6 Å². The van der Waals surface area contributed by atoms with Crippen molar-refractivity contribution >= 4 is 11.6 Å². The second-order valence-electron chi connectivity index (χ2n) is 4.64. The molecule has 3 heteroatoms. The average molecular weight is 254 g/mol. The summed E-state index contributed by atoms with van der Waals surface area (Å²) in [5.41, 5.74) is 1.17. The van der Waals surface area contributed by atoms with Crippen molar-refractivity contribution in [2.75, 3.05) is 13.6 Å². The smallest absolute Gasteiger partial charge is 0.0953 e. The van der Waals surface area contributed by atoms with Crippen LogP contribution in [-0.2, 0) is 4.74 Å². The van der Waals surface area contributed by atoms with Crippen molar-refractivity contribution in [2.24, 2.45) is 0 Å². The minimum atomic E-state index is 0.113. The van der Waals surface area contributed by atoms with E-state index in [1.807, 2.05) is 25.2 Å².